The fourth-order valence-electron chi connectivity index (χ4n) is 3.05. The molecular formula is C22H28F3N3O6S2. The van der Waals surface area contributed by atoms with Crippen LogP contribution in [0.3, 0.4) is 0 Å². The molecule has 0 spiro atoms. The molecule has 2 rings (SSSR count). The first-order valence-electron chi connectivity index (χ1n) is 10.7. The predicted octanol–water partition coefficient (Wildman–Crippen LogP) is 4.36. The summed E-state index contributed by atoms with van der Waals surface area (Å²) in [7, 11) is -3.77. The van der Waals surface area contributed by atoms with Crippen molar-refractivity contribution in [2.24, 2.45) is 0 Å². The van der Waals surface area contributed by atoms with E-state index in [2.05, 4.69) is 9.69 Å². The number of hydrogen-bond donors (Lipinski definition) is 4. The van der Waals surface area contributed by atoms with Crippen molar-refractivity contribution >= 4 is 33.3 Å². The van der Waals surface area contributed by atoms with Gasteiger partial charge in [-0.2, -0.15) is 17.5 Å². The van der Waals surface area contributed by atoms with Crippen molar-refractivity contribution in [2.45, 2.75) is 57.0 Å². The molecule has 200 valence electrons. The van der Waals surface area contributed by atoms with E-state index in [4.69, 9.17) is 9.52 Å². The van der Waals surface area contributed by atoms with Crippen LogP contribution in [0.15, 0.2) is 36.4 Å². The number of halogens is 3. The number of alkyl carbamates (subject to hydrolysis) is 1. The molecule has 0 fully saturated rings. The Bertz CT molecular complexity index is 1160. The Morgan fingerprint density at radius 2 is 1.81 bits per heavy atom. The zero-order valence-corrected chi connectivity index (χ0v) is 21.4. The average molecular weight is 552 g/mol. The van der Waals surface area contributed by atoms with Gasteiger partial charge in [-0.05, 0) is 50.4 Å². The van der Waals surface area contributed by atoms with Gasteiger partial charge in [-0.25, -0.2) is 13.8 Å². The standard InChI is InChI=1S/C22H28F3N3O6S2/c1-20(2,3)34-19(31)27-15(18(29)30)9-11-36(26,33)12-10-21(32,22(23,24)25)17-13-16(35-28-17)14-7-5-4-6-8-14/h4-8,13,15,26,32H,9-12H2,1-3H3,(H,27,31)(H,29,30)/t15-,21?,36?/m0/s1. The Labute approximate surface area is 210 Å². The first-order chi connectivity index (χ1) is 16.4. The van der Waals surface area contributed by atoms with Gasteiger partial charge in [0.25, 0.3) is 0 Å². The number of amides is 1. The van der Waals surface area contributed by atoms with Gasteiger partial charge in [0.15, 0.2) is 0 Å². The Morgan fingerprint density at radius 1 is 1.19 bits per heavy atom. The van der Waals surface area contributed by atoms with E-state index in [0.29, 0.717) is 10.4 Å². The van der Waals surface area contributed by atoms with Gasteiger partial charge < -0.3 is 20.3 Å². The second kappa shape index (κ2) is 11.1. The summed E-state index contributed by atoms with van der Waals surface area (Å²) in [6, 6.07) is 8.00. The van der Waals surface area contributed by atoms with E-state index in [9.17, 15) is 37.2 Å². The lowest BCUT2D eigenvalue weighted by Gasteiger charge is -2.29. The van der Waals surface area contributed by atoms with Crippen molar-refractivity contribution < 1.29 is 41.9 Å². The second-order valence-corrected chi connectivity index (χ2v) is 12.3. The highest BCUT2D eigenvalue weighted by Crippen LogP contribution is 2.43. The largest absolute Gasteiger partial charge is 0.480 e. The Hall–Kier alpha value is -2.71. The van der Waals surface area contributed by atoms with Gasteiger partial charge in [0.05, 0.1) is 10.6 Å². The fraction of sp³-hybridized carbons (Fsp3) is 0.500. The lowest BCUT2D eigenvalue weighted by atomic mass is 9.95. The zero-order valence-electron chi connectivity index (χ0n) is 19.8. The van der Waals surface area contributed by atoms with E-state index < -0.39 is 75.3 Å². The average Bonchev–Trinajstić information content (AvgIpc) is 3.24. The van der Waals surface area contributed by atoms with Crippen molar-refractivity contribution in [1.82, 2.24) is 9.69 Å². The van der Waals surface area contributed by atoms with Crippen LogP contribution in [-0.2, 0) is 24.9 Å². The Morgan fingerprint density at radius 3 is 2.33 bits per heavy atom. The molecule has 0 aliphatic carbocycles. The van der Waals surface area contributed by atoms with Gasteiger partial charge in [0, 0.05) is 27.7 Å². The molecule has 4 N–H and O–H groups in total. The molecule has 1 aromatic carbocycles. The number of nitrogens with one attached hydrogen (secondary N) is 2. The molecule has 3 atom stereocenters. The Balaban J connectivity index is 2.12. The first kappa shape index (κ1) is 29.5. The number of alkyl halides is 3. The third-order valence-corrected chi connectivity index (χ3v) is 7.58. The molecule has 36 heavy (non-hydrogen) atoms. The van der Waals surface area contributed by atoms with Crippen LogP contribution >= 0.6 is 11.5 Å². The smallest absolute Gasteiger partial charge is 0.423 e. The van der Waals surface area contributed by atoms with E-state index in [-0.39, 0.29) is 0 Å². The number of hydrogen-bond acceptors (Lipinski definition) is 8. The van der Waals surface area contributed by atoms with Crippen LogP contribution in [0.2, 0.25) is 0 Å². The number of carbonyl (C=O) groups excluding carboxylic acids is 1. The number of carbonyl (C=O) groups is 2. The first-order valence-corrected chi connectivity index (χ1v) is 13.4. The van der Waals surface area contributed by atoms with Gasteiger partial charge in [-0.15, -0.1) is 0 Å². The summed E-state index contributed by atoms with van der Waals surface area (Å²) in [6.07, 6.45) is -7.83. The van der Waals surface area contributed by atoms with Crippen molar-refractivity contribution in [3.05, 3.63) is 42.1 Å². The van der Waals surface area contributed by atoms with Crippen LogP contribution in [-0.4, -0.2) is 60.2 Å². The molecular weight excluding hydrogens is 523 g/mol. The molecule has 2 unspecified atom stereocenters. The molecule has 9 nitrogen and oxygen atoms in total. The maximum atomic E-state index is 13.9. The summed E-state index contributed by atoms with van der Waals surface area (Å²) in [5.41, 5.74) is -4.44. The molecule has 0 saturated carbocycles. The molecule has 1 amide bonds. The van der Waals surface area contributed by atoms with E-state index in [0.717, 1.165) is 17.6 Å². The highest BCUT2D eigenvalue weighted by Gasteiger charge is 2.56. The summed E-state index contributed by atoms with van der Waals surface area (Å²) in [4.78, 5) is 23.7. The summed E-state index contributed by atoms with van der Waals surface area (Å²) < 4.78 is 71.1. The minimum absolute atomic E-state index is 0.386. The number of benzene rings is 1. The van der Waals surface area contributed by atoms with Gasteiger partial charge >= 0.3 is 18.2 Å². The van der Waals surface area contributed by atoms with Crippen molar-refractivity contribution in [1.29, 1.82) is 4.78 Å². The van der Waals surface area contributed by atoms with E-state index in [1.54, 1.807) is 51.1 Å². The maximum absolute atomic E-state index is 13.9. The van der Waals surface area contributed by atoms with Crippen LogP contribution in [0.25, 0.3) is 10.4 Å². The highest BCUT2D eigenvalue weighted by molar-refractivity contribution is 7.92. The van der Waals surface area contributed by atoms with E-state index in [1.165, 1.54) is 0 Å². The number of aliphatic carboxylic acids is 1. The van der Waals surface area contributed by atoms with Crippen LogP contribution in [0, 0.1) is 4.78 Å². The maximum Gasteiger partial charge on any atom is 0.423 e. The Kier molecular flexibility index (Phi) is 9.13. The highest BCUT2D eigenvalue weighted by atomic mass is 32.2. The van der Waals surface area contributed by atoms with Crippen molar-refractivity contribution in [3.63, 3.8) is 0 Å². The third kappa shape index (κ3) is 8.17. The quantitative estimate of drug-likeness (QED) is 0.343. The summed E-state index contributed by atoms with van der Waals surface area (Å²) in [5, 5.41) is 22.0. The molecule has 0 bridgehead atoms. The number of aromatic nitrogens is 1. The minimum Gasteiger partial charge on any atom is -0.480 e. The fourth-order valence-corrected chi connectivity index (χ4v) is 5.31. The molecule has 0 aliphatic rings. The molecule has 0 radical (unpaired) electrons. The van der Waals surface area contributed by atoms with Gasteiger partial charge in [-0.3, -0.25) is 4.78 Å². The van der Waals surface area contributed by atoms with E-state index >= 15 is 0 Å². The molecule has 1 heterocycles. The monoisotopic (exact) mass is 551 g/mol. The molecule has 14 heteroatoms. The van der Waals surface area contributed by atoms with Crippen LogP contribution in [0.4, 0.5) is 18.0 Å². The number of nitrogens with zero attached hydrogens (tertiary/aromatic N) is 1. The SMILES string of the molecule is CC(C)(C)OC(=O)N[C@@H](CCS(=N)(=O)CCC(O)(c1cc(-c2ccccc2)sn1)C(F)(F)F)C(=O)O. The van der Waals surface area contributed by atoms with E-state index in [1.807, 2.05) is 0 Å². The number of rotatable bonds is 10. The van der Waals surface area contributed by atoms with Gasteiger partial charge in [-0.1, -0.05) is 30.3 Å². The summed E-state index contributed by atoms with van der Waals surface area (Å²) in [6.45, 7) is 4.68. The molecule has 1 aromatic heterocycles. The van der Waals surface area contributed by atoms with Crippen LogP contribution < -0.4 is 5.32 Å². The predicted molar refractivity (Wildman–Crippen MR) is 128 cm³/mol. The second-order valence-electron chi connectivity index (χ2n) is 9.10. The number of aliphatic hydroxyl groups is 1. The number of carboxylic acid groups (broad SMARTS) is 1. The van der Waals surface area contributed by atoms with Gasteiger partial charge in [0.1, 0.15) is 11.6 Å². The summed E-state index contributed by atoms with van der Waals surface area (Å²) >= 11 is 0.760. The summed E-state index contributed by atoms with van der Waals surface area (Å²) in [5.74, 6) is -2.99. The third-order valence-electron chi connectivity index (χ3n) is 4.98. The lowest BCUT2D eigenvalue weighted by molar-refractivity contribution is -0.268. The molecule has 0 saturated heterocycles. The zero-order chi connectivity index (χ0) is 27.4. The van der Waals surface area contributed by atoms with Crippen LogP contribution in [0.5, 0.6) is 0 Å². The van der Waals surface area contributed by atoms with Crippen molar-refractivity contribution in [2.75, 3.05) is 11.5 Å². The normalized spacial score (nSPS) is 16.4. The van der Waals surface area contributed by atoms with Crippen LogP contribution in [0.1, 0.15) is 39.3 Å². The van der Waals surface area contributed by atoms with Gasteiger partial charge in [0.2, 0.25) is 5.60 Å². The molecule has 0 aliphatic heterocycles. The molecule has 2 aromatic rings. The van der Waals surface area contributed by atoms with Crippen molar-refractivity contribution in [3.8, 4) is 10.4 Å². The lowest BCUT2D eigenvalue weighted by Crippen LogP contribution is -2.45. The minimum atomic E-state index is -5.17. The topological polar surface area (TPSA) is 150 Å². The number of ether oxygens (including phenoxy) is 1. The number of carboxylic acids is 1.